The molecule has 1 saturated heterocycles. The summed E-state index contributed by atoms with van der Waals surface area (Å²) in [4.78, 5) is 34.6. The van der Waals surface area contributed by atoms with Crippen LogP contribution in [0.1, 0.15) is 60.3 Å². The van der Waals surface area contributed by atoms with Gasteiger partial charge in [-0.15, -0.1) is 0 Å². The number of ether oxygens (including phenoxy) is 7. The van der Waals surface area contributed by atoms with Crippen LogP contribution in [0.3, 0.4) is 0 Å². The topological polar surface area (TPSA) is 175 Å². The van der Waals surface area contributed by atoms with E-state index in [2.05, 4.69) is 15.0 Å². The van der Waals surface area contributed by atoms with Gasteiger partial charge in [-0.05, 0) is 57.6 Å². The number of amides is 2. The van der Waals surface area contributed by atoms with Crippen LogP contribution in [0, 0.1) is 0 Å². The number of H-pyrrole nitrogens is 1. The van der Waals surface area contributed by atoms with Crippen molar-refractivity contribution in [1.82, 2.24) is 20.0 Å². The minimum atomic E-state index is -1.09. The molecule has 15 nitrogen and oxygen atoms in total. The number of hydrazine groups is 1. The van der Waals surface area contributed by atoms with Gasteiger partial charge in [-0.25, -0.2) is 10.4 Å². The number of nitrogens with one attached hydrogen (secondary N) is 2. The second-order valence-electron chi connectivity index (χ2n) is 21.6. The second-order valence-corrected chi connectivity index (χ2v) is 21.6. The standard InChI is InChI=1S/C71H64N4O11/c76-37-52(38-77)73-75-69(78)62-60-55-33-31-53(81-40-47-21-9-2-10-22-47)35-57(55)72-64(60)65-61(63(62)70(75)79)56-34-32-54(82-41-48-23-11-3-12-24-48)36-58(56)74(65)71-68(85-44-51-29-17-6-18-30-51)67(84-43-50-27-15-5-16-28-50)66(83-42-49-25-13-4-14-26-49)59(86-71)45-80-39-46-19-7-1-8-20-46/h1-36,52,59,66-68,71-73,76-77H,37-45H2. The van der Waals surface area contributed by atoms with Gasteiger partial charge in [0.2, 0.25) is 0 Å². The molecule has 5 atom stereocenters. The Balaban J connectivity index is 1.06. The number of fused-ring (bicyclic) bond motifs is 10. The fraction of sp³-hybridized carbons (Fsp3) is 0.211. The number of imide groups is 1. The van der Waals surface area contributed by atoms with Crippen molar-refractivity contribution in [3.63, 3.8) is 0 Å². The van der Waals surface area contributed by atoms with Gasteiger partial charge in [0.05, 0.1) is 85.5 Å². The maximum atomic E-state index is 15.5. The summed E-state index contributed by atoms with van der Waals surface area (Å²) < 4.78 is 51.4. The van der Waals surface area contributed by atoms with Crippen molar-refractivity contribution in [1.29, 1.82) is 0 Å². The third-order valence-electron chi connectivity index (χ3n) is 15.9. The molecule has 0 saturated carbocycles. The molecule has 15 heteroatoms. The third kappa shape index (κ3) is 11.6. The Morgan fingerprint density at radius 3 is 1.44 bits per heavy atom. The van der Waals surface area contributed by atoms with E-state index in [-0.39, 0.29) is 50.8 Å². The van der Waals surface area contributed by atoms with Crippen LogP contribution in [0.25, 0.3) is 43.6 Å². The molecule has 0 spiro atoms. The van der Waals surface area contributed by atoms with Crippen LogP contribution in [0.15, 0.2) is 218 Å². The fourth-order valence-corrected chi connectivity index (χ4v) is 11.7. The summed E-state index contributed by atoms with van der Waals surface area (Å²) in [5.41, 5.74) is 11.1. The van der Waals surface area contributed by atoms with Crippen molar-refractivity contribution in [3.8, 4) is 11.5 Å². The van der Waals surface area contributed by atoms with E-state index < -0.39 is 61.7 Å². The molecule has 2 aromatic heterocycles. The van der Waals surface area contributed by atoms with Crippen molar-refractivity contribution >= 4 is 55.4 Å². The van der Waals surface area contributed by atoms with Gasteiger partial charge >= 0.3 is 0 Å². The van der Waals surface area contributed by atoms with Crippen LogP contribution in [-0.4, -0.2) is 86.9 Å². The predicted molar refractivity (Wildman–Crippen MR) is 327 cm³/mol. The van der Waals surface area contributed by atoms with E-state index >= 15 is 9.59 Å². The van der Waals surface area contributed by atoms with Crippen LogP contribution < -0.4 is 14.9 Å². The highest BCUT2D eigenvalue weighted by Gasteiger charge is 2.51. The first kappa shape index (κ1) is 56.1. The van der Waals surface area contributed by atoms with Crippen molar-refractivity contribution < 1.29 is 53.0 Å². The Morgan fingerprint density at radius 2 is 0.930 bits per heavy atom. The Kier molecular flexibility index (Phi) is 16.8. The lowest BCUT2D eigenvalue weighted by Gasteiger charge is -2.47. The number of aromatic nitrogens is 2. The summed E-state index contributed by atoms with van der Waals surface area (Å²) >= 11 is 0. The van der Waals surface area contributed by atoms with Crippen LogP contribution in [0.5, 0.6) is 11.5 Å². The Hall–Kier alpha value is -9.00. The van der Waals surface area contributed by atoms with Gasteiger partial charge < -0.3 is 52.9 Å². The van der Waals surface area contributed by atoms with Gasteiger partial charge in [-0.3, -0.25) is 9.59 Å². The Morgan fingerprint density at radius 1 is 0.488 bits per heavy atom. The predicted octanol–water partition coefficient (Wildman–Crippen LogP) is 11.9. The maximum absolute atomic E-state index is 15.5. The average Bonchev–Trinajstić information content (AvgIpc) is 1.54. The second kappa shape index (κ2) is 25.7. The van der Waals surface area contributed by atoms with Crippen molar-refractivity contribution in [2.45, 2.75) is 76.3 Å². The lowest BCUT2D eigenvalue weighted by molar-refractivity contribution is -0.288. The largest absolute Gasteiger partial charge is 0.489 e. The first-order valence-electron chi connectivity index (χ1n) is 28.9. The van der Waals surface area contributed by atoms with Crippen molar-refractivity contribution in [3.05, 3.63) is 263 Å². The smallest absolute Gasteiger partial charge is 0.276 e. The van der Waals surface area contributed by atoms with E-state index in [0.29, 0.717) is 61.7 Å². The van der Waals surface area contributed by atoms with Gasteiger partial charge in [-0.1, -0.05) is 182 Å². The molecule has 2 aliphatic heterocycles. The zero-order chi connectivity index (χ0) is 58.3. The molecular formula is C71H64N4O11. The van der Waals surface area contributed by atoms with Gasteiger partial charge in [0.25, 0.3) is 11.8 Å². The first-order valence-corrected chi connectivity index (χ1v) is 28.9. The van der Waals surface area contributed by atoms with Gasteiger partial charge in [0, 0.05) is 33.7 Å². The normalized spacial score (nSPS) is 17.8. The summed E-state index contributed by atoms with van der Waals surface area (Å²) in [6.45, 7) is 0.359. The molecule has 13 rings (SSSR count). The van der Waals surface area contributed by atoms with E-state index in [4.69, 9.17) is 33.2 Å². The summed E-state index contributed by atoms with van der Waals surface area (Å²) in [5.74, 6) is -0.226. The minimum absolute atomic E-state index is 0.0669. The fourth-order valence-electron chi connectivity index (χ4n) is 11.7. The molecule has 2 aliphatic rings. The zero-order valence-electron chi connectivity index (χ0n) is 47.1. The molecular weight excluding hydrogens is 1080 g/mol. The Labute approximate surface area is 496 Å². The average molecular weight is 1150 g/mol. The number of carbonyl (C=O) groups is 2. The van der Waals surface area contributed by atoms with E-state index in [1.54, 1.807) is 0 Å². The molecule has 0 radical (unpaired) electrons. The lowest BCUT2D eigenvalue weighted by atomic mass is 9.95. The summed E-state index contributed by atoms with van der Waals surface area (Å²) in [6, 6.07) is 69.9. The highest BCUT2D eigenvalue weighted by atomic mass is 16.6. The highest BCUT2D eigenvalue weighted by Crippen LogP contribution is 2.49. The number of hydrogen-bond donors (Lipinski definition) is 4. The number of rotatable bonds is 24. The molecule has 2 amide bonds. The number of nitrogens with zero attached hydrogens (tertiary/aromatic N) is 2. The zero-order valence-corrected chi connectivity index (χ0v) is 47.1. The van der Waals surface area contributed by atoms with E-state index in [1.807, 2.05) is 218 Å². The van der Waals surface area contributed by atoms with Crippen LogP contribution >= 0.6 is 0 Å². The molecule has 86 heavy (non-hydrogen) atoms. The summed E-state index contributed by atoms with van der Waals surface area (Å²) in [5, 5.41) is 23.8. The number of hydrogen-bond acceptors (Lipinski definition) is 12. The summed E-state index contributed by atoms with van der Waals surface area (Å²) in [7, 11) is 0. The number of carbonyl (C=O) groups excluding carboxylic acids is 2. The molecule has 1 fully saturated rings. The molecule has 4 N–H and O–H groups in total. The minimum Gasteiger partial charge on any atom is -0.489 e. The third-order valence-corrected chi connectivity index (χ3v) is 15.9. The first-order chi connectivity index (χ1) is 42.4. The van der Waals surface area contributed by atoms with Crippen molar-refractivity contribution in [2.24, 2.45) is 0 Å². The van der Waals surface area contributed by atoms with Crippen LogP contribution in [-0.2, 0) is 63.3 Å². The van der Waals surface area contributed by atoms with E-state index in [9.17, 15) is 10.2 Å². The highest BCUT2D eigenvalue weighted by molar-refractivity contribution is 6.39. The van der Waals surface area contributed by atoms with E-state index in [1.165, 1.54) is 0 Å². The van der Waals surface area contributed by atoms with Gasteiger partial charge in [0.1, 0.15) is 49.1 Å². The monoisotopic (exact) mass is 1150 g/mol. The number of aromatic amines is 1. The van der Waals surface area contributed by atoms with Crippen molar-refractivity contribution in [2.75, 3.05) is 19.8 Å². The number of aliphatic hydroxyl groups is 2. The number of aliphatic hydroxyl groups excluding tert-OH is 2. The molecule has 9 aromatic carbocycles. The van der Waals surface area contributed by atoms with Gasteiger partial charge in [0.15, 0.2) is 6.23 Å². The van der Waals surface area contributed by atoms with Gasteiger partial charge in [-0.2, -0.15) is 0 Å². The Bertz CT molecular complexity index is 4110. The maximum Gasteiger partial charge on any atom is 0.276 e. The van der Waals surface area contributed by atoms with Crippen LogP contribution in [0.4, 0.5) is 0 Å². The molecule has 11 aromatic rings. The number of benzene rings is 9. The van der Waals surface area contributed by atoms with E-state index in [0.717, 1.165) is 38.4 Å². The molecule has 434 valence electrons. The SMILES string of the molecule is O=C1c2c(c3c4ccc(OCc5ccccc5)cc4n(C4OC(COCc5ccccc5)C(OCc5ccccc5)C(OCc5ccccc5)C4OCc4ccccc4)c3c3[nH]c4cc(OCc5ccccc5)ccc4c23)C(=O)N1NC(CO)CO. The molecule has 0 aliphatic carbocycles. The lowest BCUT2D eigenvalue weighted by Crippen LogP contribution is -2.59. The molecule has 0 bridgehead atoms. The van der Waals surface area contributed by atoms with Crippen LogP contribution in [0.2, 0.25) is 0 Å². The summed E-state index contributed by atoms with van der Waals surface area (Å²) in [6.07, 6.45) is -4.51. The quantitative estimate of drug-likeness (QED) is 0.0422. The molecule has 5 unspecified atom stereocenters. The molecule has 4 heterocycles.